The van der Waals surface area contributed by atoms with Crippen LogP contribution in [0.1, 0.15) is 27.2 Å². The van der Waals surface area contributed by atoms with Crippen molar-refractivity contribution >= 4 is 17.6 Å². The number of Topliss-reactive ketones (excluding diaryl/α,β-unsaturated/α-hetero) is 1. The van der Waals surface area contributed by atoms with Crippen molar-refractivity contribution in [2.75, 3.05) is 6.54 Å². The van der Waals surface area contributed by atoms with Crippen molar-refractivity contribution in [3.05, 3.63) is 0 Å². The highest BCUT2D eigenvalue weighted by Gasteiger charge is 2.59. The second-order valence-corrected chi connectivity index (χ2v) is 5.38. The van der Waals surface area contributed by atoms with Crippen LogP contribution in [0.15, 0.2) is 0 Å². The van der Waals surface area contributed by atoms with E-state index in [0.717, 1.165) is 4.90 Å². The van der Waals surface area contributed by atoms with Crippen LogP contribution in [0.2, 0.25) is 0 Å². The van der Waals surface area contributed by atoms with Gasteiger partial charge in [0.2, 0.25) is 11.8 Å². The summed E-state index contributed by atoms with van der Waals surface area (Å²) in [7, 11) is 0. The molecule has 0 N–H and O–H groups in total. The van der Waals surface area contributed by atoms with Crippen LogP contribution in [-0.4, -0.2) is 29.0 Å². The summed E-state index contributed by atoms with van der Waals surface area (Å²) >= 11 is 0. The lowest BCUT2D eigenvalue weighted by Gasteiger charge is -2.21. The molecule has 1 aliphatic carbocycles. The number of hydrogen-bond acceptors (Lipinski definition) is 3. The zero-order chi connectivity index (χ0) is 11.4. The van der Waals surface area contributed by atoms with Gasteiger partial charge in [-0.1, -0.05) is 20.8 Å². The average molecular weight is 209 g/mol. The third-order valence-electron chi connectivity index (χ3n) is 3.10. The van der Waals surface area contributed by atoms with Gasteiger partial charge in [-0.2, -0.15) is 0 Å². The number of carbonyl (C=O) groups is 3. The maximum atomic E-state index is 11.7. The first-order chi connectivity index (χ1) is 6.82. The molecule has 0 aromatic carbocycles. The molecule has 0 bridgehead atoms. The van der Waals surface area contributed by atoms with Gasteiger partial charge in [-0.05, 0) is 6.42 Å². The molecule has 1 heterocycles. The summed E-state index contributed by atoms with van der Waals surface area (Å²) in [4.78, 5) is 36.0. The highest BCUT2D eigenvalue weighted by atomic mass is 16.2. The summed E-state index contributed by atoms with van der Waals surface area (Å²) < 4.78 is 0. The fraction of sp³-hybridized carbons (Fsp3) is 0.727. The third-order valence-corrected chi connectivity index (χ3v) is 3.10. The first kappa shape index (κ1) is 10.3. The monoisotopic (exact) mass is 209 g/mol. The minimum absolute atomic E-state index is 0.0475. The minimum Gasteiger partial charge on any atom is -0.297 e. The lowest BCUT2D eigenvalue weighted by molar-refractivity contribution is -0.146. The van der Waals surface area contributed by atoms with Crippen LogP contribution in [0.25, 0.3) is 0 Å². The first-order valence-electron chi connectivity index (χ1n) is 5.21. The zero-order valence-electron chi connectivity index (χ0n) is 9.24. The molecule has 0 spiro atoms. The highest BCUT2D eigenvalue weighted by Crippen LogP contribution is 2.46. The minimum atomic E-state index is -0.493. The van der Waals surface area contributed by atoms with Gasteiger partial charge in [-0.25, -0.2) is 0 Å². The molecule has 2 atom stereocenters. The molecule has 1 aliphatic heterocycles. The van der Waals surface area contributed by atoms with Gasteiger partial charge >= 0.3 is 0 Å². The van der Waals surface area contributed by atoms with E-state index in [1.165, 1.54) is 0 Å². The van der Waals surface area contributed by atoms with Gasteiger partial charge in [-0.3, -0.25) is 19.3 Å². The number of likely N-dealkylation sites (tertiary alicyclic amines) is 1. The zero-order valence-corrected chi connectivity index (χ0v) is 9.24. The van der Waals surface area contributed by atoms with Crippen LogP contribution in [0.3, 0.4) is 0 Å². The summed E-state index contributed by atoms with van der Waals surface area (Å²) in [5.41, 5.74) is -0.493. The quantitative estimate of drug-likeness (QED) is 0.626. The van der Waals surface area contributed by atoms with Crippen molar-refractivity contribution in [3.8, 4) is 0 Å². The largest absolute Gasteiger partial charge is 0.297 e. The van der Waals surface area contributed by atoms with Crippen molar-refractivity contribution in [3.63, 3.8) is 0 Å². The molecule has 4 heteroatoms. The third kappa shape index (κ3) is 1.58. The second-order valence-electron chi connectivity index (χ2n) is 5.38. The van der Waals surface area contributed by atoms with Gasteiger partial charge in [-0.15, -0.1) is 0 Å². The highest BCUT2D eigenvalue weighted by molar-refractivity contribution is 6.11. The predicted octanol–water partition coefficient (Wildman–Crippen LogP) is 0.606. The van der Waals surface area contributed by atoms with Crippen LogP contribution >= 0.6 is 0 Å². The number of nitrogens with zero attached hydrogens (tertiary/aromatic N) is 1. The topological polar surface area (TPSA) is 54.5 Å². The molecule has 2 unspecified atom stereocenters. The second kappa shape index (κ2) is 2.90. The van der Waals surface area contributed by atoms with Gasteiger partial charge in [0.05, 0.1) is 18.4 Å². The Morgan fingerprint density at radius 1 is 1.27 bits per heavy atom. The summed E-state index contributed by atoms with van der Waals surface area (Å²) in [6.07, 6.45) is 0.692. The lowest BCUT2D eigenvalue weighted by atomic mass is 9.90. The predicted molar refractivity (Wildman–Crippen MR) is 52.8 cm³/mol. The molecule has 0 aromatic heterocycles. The fourth-order valence-corrected chi connectivity index (χ4v) is 1.79. The number of amides is 2. The summed E-state index contributed by atoms with van der Waals surface area (Å²) in [6, 6.07) is 0. The molecule has 2 aliphatic rings. The standard InChI is InChI=1S/C11H15NO3/c1-11(2,3)8(13)5-12-9(14)6-4-7(6)10(12)15/h6-7H,4-5H2,1-3H3. The Hall–Kier alpha value is -1.19. The SMILES string of the molecule is CC(C)(C)C(=O)CN1C(=O)C2CC2C1=O. The van der Waals surface area contributed by atoms with E-state index in [1.54, 1.807) is 20.8 Å². The number of piperidine rings is 1. The van der Waals surface area contributed by atoms with Crippen molar-refractivity contribution < 1.29 is 14.4 Å². The number of hydrogen-bond donors (Lipinski definition) is 0. The summed E-state index contributed by atoms with van der Waals surface area (Å²) in [5, 5.41) is 0. The Morgan fingerprint density at radius 3 is 2.13 bits per heavy atom. The Morgan fingerprint density at radius 2 is 1.73 bits per heavy atom. The van der Waals surface area contributed by atoms with E-state index in [-0.39, 0.29) is 36.0 Å². The Kier molecular flexibility index (Phi) is 2.00. The molecular weight excluding hydrogens is 194 g/mol. The Bertz CT molecular complexity index is 333. The molecule has 0 aromatic rings. The van der Waals surface area contributed by atoms with E-state index < -0.39 is 5.41 Å². The van der Waals surface area contributed by atoms with E-state index in [4.69, 9.17) is 0 Å². The lowest BCUT2D eigenvalue weighted by Crippen LogP contribution is -2.41. The number of carbonyl (C=O) groups excluding carboxylic acids is 3. The molecule has 1 saturated carbocycles. The van der Waals surface area contributed by atoms with Crippen LogP contribution in [-0.2, 0) is 14.4 Å². The van der Waals surface area contributed by atoms with Gasteiger partial charge < -0.3 is 0 Å². The number of rotatable bonds is 2. The normalized spacial score (nSPS) is 29.4. The van der Waals surface area contributed by atoms with Crippen LogP contribution < -0.4 is 0 Å². The van der Waals surface area contributed by atoms with Gasteiger partial charge in [0.25, 0.3) is 0 Å². The fourth-order valence-electron chi connectivity index (χ4n) is 1.79. The molecule has 2 fully saturated rings. The molecule has 0 radical (unpaired) electrons. The van der Waals surface area contributed by atoms with Gasteiger partial charge in [0.15, 0.2) is 5.78 Å². The van der Waals surface area contributed by atoms with Gasteiger partial charge in [0, 0.05) is 5.41 Å². The van der Waals surface area contributed by atoms with Crippen molar-refractivity contribution in [2.45, 2.75) is 27.2 Å². The van der Waals surface area contributed by atoms with E-state index in [2.05, 4.69) is 0 Å². The molecule has 4 nitrogen and oxygen atoms in total. The smallest absolute Gasteiger partial charge is 0.233 e. The molecule has 2 amide bonds. The number of imide groups is 1. The summed E-state index contributed by atoms with van der Waals surface area (Å²) in [6.45, 7) is 5.33. The number of fused-ring (bicyclic) bond motifs is 1. The van der Waals surface area contributed by atoms with E-state index in [1.807, 2.05) is 0 Å². The average Bonchev–Trinajstić information content (AvgIpc) is 2.84. The maximum Gasteiger partial charge on any atom is 0.233 e. The van der Waals surface area contributed by atoms with Crippen molar-refractivity contribution in [1.29, 1.82) is 0 Å². The number of ketones is 1. The van der Waals surface area contributed by atoms with Crippen molar-refractivity contribution in [2.24, 2.45) is 17.3 Å². The van der Waals surface area contributed by atoms with Crippen LogP contribution in [0.4, 0.5) is 0 Å². The molecule has 82 valence electrons. The Balaban J connectivity index is 2.05. The Labute approximate surface area is 88.6 Å². The first-order valence-corrected chi connectivity index (χ1v) is 5.21. The molecule has 15 heavy (non-hydrogen) atoms. The molecular formula is C11H15NO3. The summed E-state index contributed by atoms with van der Waals surface area (Å²) in [5.74, 6) is -0.578. The maximum absolute atomic E-state index is 11.7. The van der Waals surface area contributed by atoms with E-state index >= 15 is 0 Å². The van der Waals surface area contributed by atoms with E-state index in [9.17, 15) is 14.4 Å². The van der Waals surface area contributed by atoms with E-state index in [0.29, 0.717) is 6.42 Å². The molecule has 2 rings (SSSR count). The van der Waals surface area contributed by atoms with Crippen LogP contribution in [0, 0.1) is 17.3 Å². The van der Waals surface area contributed by atoms with Crippen LogP contribution in [0.5, 0.6) is 0 Å². The van der Waals surface area contributed by atoms with Gasteiger partial charge in [0.1, 0.15) is 0 Å². The van der Waals surface area contributed by atoms with Crippen molar-refractivity contribution in [1.82, 2.24) is 4.90 Å². The molecule has 1 saturated heterocycles.